The molecule has 1 aliphatic rings. The third-order valence-electron chi connectivity index (χ3n) is 5.01. The molecule has 0 saturated carbocycles. The number of aromatic nitrogens is 3. The molecule has 0 unspecified atom stereocenters. The summed E-state index contributed by atoms with van der Waals surface area (Å²) < 4.78 is 52.0. The molecule has 1 saturated heterocycles. The highest BCUT2D eigenvalue weighted by molar-refractivity contribution is 7.15. The minimum Gasteiger partial charge on any atom is -0.472 e. The van der Waals surface area contributed by atoms with Gasteiger partial charge in [0.2, 0.25) is 5.88 Å². The fourth-order valence-corrected chi connectivity index (χ4v) is 4.31. The zero-order chi connectivity index (χ0) is 24.7. The average Bonchev–Trinajstić information content (AvgIpc) is 3.41. The van der Waals surface area contributed by atoms with Crippen molar-refractivity contribution < 1.29 is 27.4 Å². The van der Waals surface area contributed by atoms with Crippen LogP contribution in [0.1, 0.15) is 32.1 Å². The van der Waals surface area contributed by atoms with Crippen LogP contribution in [0, 0.1) is 6.92 Å². The van der Waals surface area contributed by atoms with Crippen molar-refractivity contribution >= 4 is 39.3 Å². The Balaban J connectivity index is 1.60. The molecule has 1 fully saturated rings. The number of thiazole rings is 1. The summed E-state index contributed by atoms with van der Waals surface area (Å²) in [6.45, 7) is 6.90. The summed E-state index contributed by atoms with van der Waals surface area (Å²) in [4.78, 5) is 23.7. The second-order valence-electron chi connectivity index (χ2n) is 9.16. The van der Waals surface area contributed by atoms with E-state index in [1.54, 1.807) is 44.0 Å². The smallest absolute Gasteiger partial charge is 0.410 e. The van der Waals surface area contributed by atoms with Crippen molar-refractivity contribution in [2.75, 3.05) is 18.4 Å². The molecule has 0 aromatic carbocycles. The predicted molar refractivity (Wildman–Crippen MR) is 123 cm³/mol. The molecule has 4 heterocycles. The Labute approximate surface area is 198 Å². The maximum absolute atomic E-state index is 13.1. The van der Waals surface area contributed by atoms with E-state index in [0.717, 1.165) is 9.44 Å². The number of anilines is 2. The van der Waals surface area contributed by atoms with Crippen molar-refractivity contribution in [3.05, 3.63) is 29.4 Å². The Hall–Kier alpha value is -3.02. The molecule has 1 aliphatic heterocycles. The van der Waals surface area contributed by atoms with Crippen LogP contribution in [0.25, 0.3) is 10.9 Å². The van der Waals surface area contributed by atoms with Gasteiger partial charge < -0.3 is 24.3 Å². The van der Waals surface area contributed by atoms with Gasteiger partial charge in [-0.25, -0.2) is 9.78 Å². The molecule has 0 spiro atoms. The number of nitrogens with zero attached hydrogens (tertiary/aromatic N) is 4. The minimum absolute atomic E-state index is 0.199. The fourth-order valence-electron chi connectivity index (χ4n) is 3.64. The van der Waals surface area contributed by atoms with Crippen molar-refractivity contribution in [3.63, 3.8) is 0 Å². The van der Waals surface area contributed by atoms with Gasteiger partial charge in [0.1, 0.15) is 24.1 Å². The predicted octanol–water partition coefficient (Wildman–Crippen LogP) is 5.50. The van der Waals surface area contributed by atoms with E-state index in [1.165, 1.54) is 17.5 Å². The summed E-state index contributed by atoms with van der Waals surface area (Å²) in [5, 5.41) is 4.08. The van der Waals surface area contributed by atoms with Gasteiger partial charge in [0, 0.05) is 36.3 Å². The van der Waals surface area contributed by atoms with Gasteiger partial charge in [-0.2, -0.15) is 18.2 Å². The largest absolute Gasteiger partial charge is 0.472 e. The topological polar surface area (TPSA) is 81.5 Å². The molecule has 184 valence electrons. The number of carbonyl (C=O) groups is 1. The van der Waals surface area contributed by atoms with E-state index in [9.17, 15) is 18.0 Å². The first kappa shape index (κ1) is 24.1. The number of likely N-dealkylation sites (tertiary alicyclic amines) is 1. The van der Waals surface area contributed by atoms with Crippen LogP contribution in [-0.4, -0.2) is 56.5 Å². The Morgan fingerprint density at radius 3 is 2.74 bits per heavy atom. The molecule has 0 radical (unpaired) electrons. The van der Waals surface area contributed by atoms with Gasteiger partial charge >= 0.3 is 12.3 Å². The van der Waals surface area contributed by atoms with Gasteiger partial charge in [-0.3, -0.25) is 0 Å². The molecule has 34 heavy (non-hydrogen) atoms. The van der Waals surface area contributed by atoms with Crippen molar-refractivity contribution in [2.24, 2.45) is 0 Å². The van der Waals surface area contributed by atoms with Gasteiger partial charge in [0.25, 0.3) is 0 Å². The zero-order valence-electron chi connectivity index (χ0n) is 19.3. The normalized spacial score (nSPS) is 16.8. The number of pyridine rings is 1. The number of ether oxygens (including phenoxy) is 2. The second-order valence-corrected chi connectivity index (χ2v) is 10.4. The number of carbonyl (C=O) groups excluding carboxylic acids is 1. The monoisotopic (exact) mass is 497 g/mol. The molecule has 0 bridgehead atoms. The molecule has 8 nitrogen and oxygen atoms in total. The van der Waals surface area contributed by atoms with Crippen LogP contribution in [0.3, 0.4) is 0 Å². The number of rotatable bonds is 5. The van der Waals surface area contributed by atoms with E-state index < -0.39 is 24.4 Å². The van der Waals surface area contributed by atoms with Crippen molar-refractivity contribution in [1.82, 2.24) is 19.4 Å². The van der Waals surface area contributed by atoms with E-state index in [1.807, 2.05) is 6.92 Å². The van der Waals surface area contributed by atoms with Crippen LogP contribution in [0.15, 0.2) is 24.5 Å². The van der Waals surface area contributed by atoms with E-state index >= 15 is 0 Å². The third kappa shape index (κ3) is 5.91. The number of hydrogen-bond acceptors (Lipinski definition) is 7. The number of aryl methyl sites for hydroxylation is 1. The van der Waals surface area contributed by atoms with Gasteiger partial charge in [-0.15, -0.1) is 11.3 Å². The SMILES string of the molecule is Cc1cnc(Nc2cc3c(ccn3CC(F)(F)F)c(O[C@H]3CCN(C(=O)OC(C)(C)C)C3)n2)s1. The number of nitrogens with one attached hydrogen (secondary N) is 1. The number of fused-ring (bicyclic) bond motifs is 1. The Bertz CT molecular complexity index is 1180. The first-order valence-corrected chi connectivity index (χ1v) is 11.6. The fraction of sp³-hybridized carbons (Fsp3) is 0.500. The average molecular weight is 498 g/mol. The van der Waals surface area contributed by atoms with E-state index in [-0.39, 0.29) is 12.0 Å². The molecule has 0 aliphatic carbocycles. The number of amides is 1. The molecule has 1 N–H and O–H groups in total. The van der Waals surface area contributed by atoms with Crippen LogP contribution in [0.2, 0.25) is 0 Å². The van der Waals surface area contributed by atoms with Crippen LogP contribution in [0.4, 0.5) is 28.9 Å². The summed E-state index contributed by atoms with van der Waals surface area (Å²) in [5.41, 5.74) is -0.278. The van der Waals surface area contributed by atoms with Crippen molar-refractivity contribution in [2.45, 2.75) is 58.5 Å². The maximum Gasteiger partial charge on any atom is 0.410 e. The lowest BCUT2D eigenvalue weighted by Crippen LogP contribution is -2.36. The maximum atomic E-state index is 13.1. The van der Waals surface area contributed by atoms with Crippen molar-refractivity contribution in [1.29, 1.82) is 0 Å². The van der Waals surface area contributed by atoms with Gasteiger partial charge in [-0.1, -0.05) is 0 Å². The summed E-state index contributed by atoms with van der Waals surface area (Å²) >= 11 is 1.40. The Kier molecular flexibility index (Phi) is 6.36. The molecular weight excluding hydrogens is 471 g/mol. The molecule has 1 atom stereocenters. The van der Waals surface area contributed by atoms with Gasteiger partial charge in [-0.05, 0) is 33.8 Å². The van der Waals surface area contributed by atoms with Gasteiger partial charge in [0.15, 0.2) is 5.13 Å². The lowest BCUT2D eigenvalue weighted by atomic mass is 10.2. The van der Waals surface area contributed by atoms with Crippen LogP contribution in [0.5, 0.6) is 5.88 Å². The summed E-state index contributed by atoms with van der Waals surface area (Å²) in [6, 6.07) is 3.10. The van der Waals surface area contributed by atoms with Gasteiger partial charge in [0.05, 0.1) is 17.4 Å². The van der Waals surface area contributed by atoms with E-state index in [0.29, 0.717) is 41.4 Å². The highest BCUT2D eigenvalue weighted by Crippen LogP contribution is 2.33. The zero-order valence-corrected chi connectivity index (χ0v) is 20.1. The highest BCUT2D eigenvalue weighted by Gasteiger charge is 2.32. The van der Waals surface area contributed by atoms with Crippen LogP contribution < -0.4 is 10.1 Å². The summed E-state index contributed by atoms with van der Waals surface area (Å²) in [7, 11) is 0. The number of alkyl halides is 3. The molecular formula is C22H26F3N5O3S. The molecule has 4 rings (SSSR count). The summed E-state index contributed by atoms with van der Waals surface area (Å²) in [5.74, 6) is 0.520. The minimum atomic E-state index is -4.38. The molecule has 3 aromatic heterocycles. The first-order chi connectivity index (χ1) is 15.9. The lowest BCUT2D eigenvalue weighted by molar-refractivity contribution is -0.139. The number of halogens is 3. The molecule has 3 aromatic rings. The van der Waals surface area contributed by atoms with E-state index in [2.05, 4.69) is 15.3 Å². The van der Waals surface area contributed by atoms with E-state index in [4.69, 9.17) is 9.47 Å². The standard InChI is InChI=1S/C22H26F3N5O3S/c1-13-10-26-19(34-13)28-17-9-16-15(6-8-30(16)12-22(23,24)25)18(27-17)32-14-5-7-29(11-14)20(31)33-21(2,3)4/h6,8-10,14H,5,7,11-12H2,1-4H3,(H,26,27,28)/t14-/m0/s1. The van der Waals surface area contributed by atoms with Crippen LogP contribution in [-0.2, 0) is 11.3 Å². The quantitative estimate of drug-likeness (QED) is 0.502. The second kappa shape index (κ2) is 8.97. The Morgan fingerprint density at radius 2 is 2.09 bits per heavy atom. The summed E-state index contributed by atoms with van der Waals surface area (Å²) in [6.07, 6.45) is -1.57. The van der Waals surface area contributed by atoms with Crippen LogP contribution >= 0.6 is 11.3 Å². The first-order valence-electron chi connectivity index (χ1n) is 10.8. The molecule has 1 amide bonds. The Morgan fingerprint density at radius 1 is 1.32 bits per heavy atom. The molecule has 12 heteroatoms. The third-order valence-corrected chi connectivity index (χ3v) is 5.84. The van der Waals surface area contributed by atoms with Crippen molar-refractivity contribution in [3.8, 4) is 5.88 Å². The highest BCUT2D eigenvalue weighted by atomic mass is 32.1. The lowest BCUT2D eigenvalue weighted by Gasteiger charge is -2.24. The number of hydrogen-bond donors (Lipinski definition) is 1.